The Morgan fingerprint density at radius 1 is 1.24 bits per heavy atom. The van der Waals surface area contributed by atoms with Crippen LogP contribution in [0, 0.1) is 6.92 Å². The van der Waals surface area contributed by atoms with E-state index in [9.17, 15) is 0 Å². The third kappa shape index (κ3) is 6.91. The zero-order valence-corrected chi connectivity index (χ0v) is 19.1. The number of hydrogen-bond donors (Lipinski definition) is 2. The van der Waals surface area contributed by atoms with Crippen LogP contribution in [0.2, 0.25) is 0 Å². The Morgan fingerprint density at radius 2 is 2.03 bits per heavy atom. The first-order valence-electron chi connectivity index (χ1n) is 9.89. The molecule has 2 heterocycles. The summed E-state index contributed by atoms with van der Waals surface area (Å²) in [5, 5.41) is 3.35. The number of hydrogen-bond acceptors (Lipinski definition) is 6. The van der Waals surface area contributed by atoms with Crippen LogP contribution in [0.1, 0.15) is 43.9 Å². The van der Waals surface area contributed by atoms with E-state index in [1.165, 1.54) is 0 Å². The lowest BCUT2D eigenvalue weighted by molar-refractivity contribution is 0.412. The first-order valence-corrected chi connectivity index (χ1v) is 9.89. The number of aryl methyl sites for hydroxylation is 2. The van der Waals surface area contributed by atoms with E-state index >= 15 is 0 Å². The summed E-state index contributed by atoms with van der Waals surface area (Å²) in [6.07, 6.45) is 5.41. The van der Waals surface area contributed by atoms with Gasteiger partial charge in [0.05, 0.1) is 7.11 Å². The molecule has 1 aromatic carbocycles. The van der Waals surface area contributed by atoms with Gasteiger partial charge in [-0.2, -0.15) is 4.98 Å². The highest BCUT2D eigenvalue weighted by Gasteiger charge is 2.19. The van der Waals surface area contributed by atoms with Crippen LogP contribution >= 0.6 is 24.8 Å². The van der Waals surface area contributed by atoms with Crippen molar-refractivity contribution in [2.75, 3.05) is 30.4 Å². The van der Waals surface area contributed by atoms with Gasteiger partial charge in [0.25, 0.3) is 0 Å². The van der Waals surface area contributed by atoms with Crippen molar-refractivity contribution in [2.45, 2.75) is 52.0 Å². The topological polar surface area (TPSA) is 76.3 Å². The van der Waals surface area contributed by atoms with E-state index in [2.05, 4.69) is 23.2 Å². The Balaban J connectivity index is 0.00000210. The van der Waals surface area contributed by atoms with Crippen molar-refractivity contribution >= 4 is 42.3 Å². The van der Waals surface area contributed by atoms with Crippen LogP contribution in [0.25, 0.3) is 0 Å². The Bertz CT molecular complexity index is 775. The number of rotatable bonds is 7. The number of piperidine rings is 1. The van der Waals surface area contributed by atoms with Gasteiger partial charge in [-0.15, -0.1) is 24.8 Å². The maximum absolute atomic E-state index is 6.17. The highest BCUT2D eigenvalue weighted by molar-refractivity contribution is 5.85. The summed E-state index contributed by atoms with van der Waals surface area (Å²) in [4.78, 5) is 11.8. The molecular formula is C21H33Cl2N5O. The highest BCUT2D eigenvalue weighted by atomic mass is 35.5. The van der Waals surface area contributed by atoms with Crippen LogP contribution in [-0.4, -0.2) is 36.2 Å². The maximum Gasteiger partial charge on any atom is 0.229 e. The van der Waals surface area contributed by atoms with E-state index in [0.29, 0.717) is 5.95 Å². The van der Waals surface area contributed by atoms with Crippen LogP contribution < -0.4 is 20.7 Å². The molecule has 162 valence electrons. The number of nitrogens with one attached hydrogen (secondary N) is 1. The molecule has 0 saturated carbocycles. The standard InChI is InChI=1S/C21H31N5O.2ClH/c1-4-5-8-17-13-20(26-11-6-7-16(22)14-26)25-21(23-17)24-18-10-9-15(2)19(12-18)27-3;;/h9-10,12-13,16H,4-8,11,14,22H2,1-3H3,(H,23,24,25);2*1H/t16-;;/m1../s1. The van der Waals surface area contributed by atoms with Gasteiger partial charge >= 0.3 is 0 Å². The van der Waals surface area contributed by atoms with E-state index in [1.807, 2.05) is 25.1 Å². The third-order valence-electron chi connectivity index (χ3n) is 5.00. The Morgan fingerprint density at radius 3 is 2.72 bits per heavy atom. The van der Waals surface area contributed by atoms with Gasteiger partial charge in [0.15, 0.2) is 0 Å². The summed E-state index contributed by atoms with van der Waals surface area (Å²) in [5.74, 6) is 2.45. The molecule has 0 unspecified atom stereocenters. The van der Waals surface area contributed by atoms with Crippen molar-refractivity contribution in [3.05, 3.63) is 35.5 Å². The van der Waals surface area contributed by atoms with Gasteiger partial charge in [-0.3, -0.25) is 0 Å². The lowest BCUT2D eigenvalue weighted by atomic mass is 10.1. The van der Waals surface area contributed by atoms with Crippen LogP contribution in [0.3, 0.4) is 0 Å². The molecule has 8 heteroatoms. The summed E-state index contributed by atoms with van der Waals surface area (Å²) in [6, 6.07) is 8.37. The zero-order valence-electron chi connectivity index (χ0n) is 17.5. The van der Waals surface area contributed by atoms with Gasteiger partial charge < -0.3 is 20.7 Å². The fraction of sp³-hybridized carbons (Fsp3) is 0.524. The first-order chi connectivity index (χ1) is 13.1. The second-order valence-electron chi connectivity index (χ2n) is 7.30. The molecule has 29 heavy (non-hydrogen) atoms. The minimum atomic E-state index is 0. The normalized spacial score (nSPS) is 15.9. The molecule has 6 nitrogen and oxygen atoms in total. The summed E-state index contributed by atoms with van der Waals surface area (Å²) in [5.41, 5.74) is 9.27. The number of aromatic nitrogens is 2. The van der Waals surface area contributed by atoms with Gasteiger partial charge in [-0.25, -0.2) is 4.98 Å². The number of methoxy groups -OCH3 is 1. The van der Waals surface area contributed by atoms with Crippen LogP contribution in [0.4, 0.5) is 17.5 Å². The van der Waals surface area contributed by atoms with E-state index in [4.69, 9.17) is 20.4 Å². The van der Waals surface area contributed by atoms with Gasteiger partial charge in [0.2, 0.25) is 5.95 Å². The molecular weight excluding hydrogens is 409 g/mol. The number of nitrogens with zero attached hydrogens (tertiary/aromatic N) is 3. The maximum atomic E-state index is 6.17. The quantitative estimate of drug-likeness (QED) is 0.650. The zero-order chi connectivity index (χ0) is 19.2. The van der Waals surface area contributed by atoms with Crippen molar-refractivity contribution in [3.8, 4) is 5.75 Å². The molecule has 1 atom stereocenters. The van der Waals surface area contributed by atoms with Crippen LogP contribution in [0.15, 0.2) is 24.3 Å². The number of unbranched alkanes of at least 4 members (excludes halogenated alkanes) is 1. The molecule has 1 aliphatic heterocycles. The molecule has 0 spiro atoms. The minimum absolute atomic E-state index is 0. The smallest absolute Gasteiger partial charge is 0.229 e. The molecule has 1 aliphatic rings. The minimum Gasteiger partial charge on any atom is -0.496 e. The summed E-state index contributed by atoms with van der Waals surface area (Å²) < 4.78 is 5.43. The number of ether oxygens (including phenoxy) is 1. The number of benzene rings is 1. The average molecular weight is 442 g/mol. The molecule has 1 aromatic heterocycles. The Kier molecular flexibility index (Phi) is 10.5. The molecule has 1 saturated heterocycles. The number of nitrogens with two attached hydrogens (primary N) is 1. The molecule has 0 bridgehead atoms. The van der Waals surface area contributed by atoms with Crippen molar-refractivity contribution in [2.24, 2.45) is 5.73 Å². The van der Waals surface area contributed by atoms with Crippen molar-refractivity contribution in [1.29, 1.82) is 0 Å². The first kappa shape index (κ1) is 25.3. The molecule has 1 fully saturated rings. The van der Waals surface area contributed by atoms with E-state index in [0.717, 1.165) is 73.7 Å². The lowest BCUT2D eigenvalue weighted by Crippen LogP contribution is -2.43. The third-order valence-corrected chi connectivity index (χ3v) is 5.00. The fourth-order valence-electron chi connectivity index (χ4n) is 3.43. The van der Waals surface area contributed by atoms with Gasteiger partial charge in [0, 0.05) is 42.6 Å². The average Bonchev–Trinajstić information content (AvgIpc) is 2.67. The summed E-state index contributed by atoms with van der Waals surface area (Å²) in [6.45, 7) is 6.07. The van der Waals surface area contributed by atoms with Gasteiger partial charge in [-0.05, 0) is 44.2 Å². The van der Waals surface area contributed by atoms with Crippen LogP contribution in [-0.2, 0) is 6.42 Å². The van der Waals surface area contributed by atoms with Crippen molar-refractivity contribution < 1.29 is 4.74 Å². The van der Waals surface area contributed by atoms with E-state index < -0.39 is 0 Å². The van der Waals surface area contributed by atoms with Crippen molar-refractivity contribution in [3.63, 3.8) is 0 Å². The molecule has 0 radical (unpaired) electrons. The molecule has 0 aliphatic carbocycles. The van der Waals surface area contributed by atoms with Crippen LogP contribution in [0.5, 0.6) is 5.75 Å². The van der Waals surface area contributed by atoms with Gasteiger partial charge in [-0.1, -0.05) is 19.4 Å². The lowest BCUT2D eigenvalue weighted by Gasteiger charge is -2.32. The van der Waals surface area contributed by atoms with Crippen molar-refractivity contribution in [1.82, 2.24) is 9.97 Å². The van der Waals surface area contributed by atoms with E-state index in [-0.39, 0.29) is 30.9 Å². The number of anilines is 3. The molecule has 3 N–H and O–H groups in total. The summed E-state index contributed by atoms with van der Waals surface area (Å²) >= 11 is 0. The SMILES string of the molecule is CCCCc1cc(N2CCC[C@@H](N)C2)nc(Nc2ccc(C)c(OC)c2)n1.Cl.Cl. The Hall–Kier alpha value is -1.76. The van der Waals surface area contributed by atoms with Gasteiger partial charge in [0.1, 0.15) is 11.6 Å². The second kappa shape index (κ2) is 12.1. The fourth-order valence-corrected chi connectivity index (χ4v) is 3.43. The molecule has 3 rings (SSSR count). The Labute approximate surface area is 186 Å². The summed E-state index contributed by atoms with van der Waals surface area (Å²) in [7, 11) is 1.69. The molecule has 2 aromatic rings. The monoisotopic (exact) mass is 441 g/mol. The predicted molar refractivity (Wildman–Crippen MR) is 126 cm³/mol. The second-order valence-corrected chi connectivity index (χ2v) is 7.30. The van der Waals surface area contributed by atoms with E-state index in [1.54, 1.807) is 7.11 Å². The highest BCUT2D eigenvalue weighted by Crippen LogP contribution is 2.26. The number of halogens is 2. The predicted octanol–water partition coefficient (Wildman–Crippen LogP) is 4.65. The molecule has 0 amide bonds. The largest absolute Gasteiger partial charge is 0.496 e.